The van der Waals surface area contributed by atoms with E-state index in [0.717, 1.165) is 28.3 Å². The van der Waals surface area contributed by atoms with E-state index in [1.165, 1.54) is 13.3 Å². The molecular weight excluding hydrogens is 510 g/mol. The van der Waals surface area contributed by atoms with Gasteiger partial charge in [0.2, 0.25) is 5.91 Å². The molecule has 3 heterocycles. The molecule has 2 aromatic carbocycles. The normalized spacial score (nSPS) is 13.3. The summed E-state index contributed by atoms with van der Waals surface area (Å²) >= 11 is 0. The third-order valence-corrected chi connectivity index (χ3v) is 7.00. The van der Waals surface area contributed by atoms with E-state index < -0.39 is 0 Å². The number of carbonyl (C=O) groups is 2. The lowest BCUT2D eigenvalue weighted by molar-refractivity contribution is -0.118. The molecule has 0 bridgehead atoms. The van der Waals surface area contributed by atoms with Crippen LogP contribution in [0.3, 0.4) is 0 Å². The van der Waals surface area contributed by atoms with Crippen molar-refractivity contribution >= 4 is 40.0 Å². The highest BCUT2D eigenvalue weighted by molar-refractivity contribution is 5.96. The first-order valence-electron chi connectivity index (χ1n) is 13.1. The zero-order chi connectivity index (χ0) is 28.1. The van der Waals surface area contributed by atoms with Gasteiger partial charge in [0.15, 0.2) is 0 Å². The maximum Gasteiger partial charge on any atom is 0.254 e. The minimum absolute atomic E-state index is 0.0283. The Balaban J connectivity index is 1.34. The summed E-state index contributed by atoms with van der Waals surface area (Å²) in [5.41, 5.74) is 3.09. The fourth-order valence-electron chi connectivity index (χ4n) is 4.96. The topological polar surface area (TPSA) is 116 Å². The van der Waals surface area contributed by atoms with Gasteiger partial charge in [-0.15, -0.1) is 0 Å². The molecule has 208 valence electrons. The van der Waals surface area contributed by atoms with Gasteiger partial charge in [0.25, 0.3) is 5.91 Å². The number of aromatic nitrogens is 3. The molecule has 1 saturated heterocycles. The van der Waals surface area contributed by atoms with Crippen LogP contribution in [0, 0.1) is 0 Å². The molecule has 5 rings (SSSR count). The smallest absolute Gasteiger partial charge is 0.254 e. The number of fused-ring (bicyclic) bond motifs is 1. The summed E-state index contributed by atoms with van der Waals surface area (Å²) in [5, 5.41) is 3.70. The number of anilines is 3. The van der Waals surface area contributed by atoms with Crippen LogP contribution in [0.5, 0.6) is 11.5 Å². The van der Waals surface area contributed by atoms with Gasteiger partial charge in [0.05, 0.1) is 25.3 Å². The number of nitrogens with one attached hydrogen (secondary N) is 2. The third-order valence-electron chi connectivity index (χ3n) is 7.00. The Morgan fingerprint density at radius 2 is 1.85 bits per heavy atom. The Labute approximate surface area is 232 Å². The van der Waals surface area contributed by atoms with Crippen molar-refractivity contribution in [2.45, 2.75) is 6.92 Å². The van der Waals surface area contributed by atoms with Crippen LogP contribution in [-0.2, 0) is 4.79 Å². The van der Waals surface area contributed by atoms with Gasteiger partial charge in [-0.05, 0) is 36.4 Å². The highest BCUT2D eigenvalue weighted by Gasteiger charge is 2.25. The van der Waals surface area contributed by atoms with Gasteiger partial charge in [0.1, 0.15) is 29.3 Å². The average Bonchev–Trinajstić information content (AvgIpc) is 3.48. The Hall–Kier alpha value is -4.80. The molecule has 1 aliphatic rings. The molecule has 2 N–H and O–H groups in total. The number of carbonyl (C=O) groups excluding carboxylic acids is 2. The second kappa shape index (κ2) is 11.9. The molecule has 0 spiro atoms. The average molecular weight is 544 g/mol. The number of ether oxygens (including phenoxy) is 2. The van der Waals surface area contributed by atoms with Crippen LogP contribution in [0.4, 0.5) is 17.2 Å². The number of piperazine rings is 1. The van der Waals surface area contributed by atoms with Gasteiger partial charge in [-0.3, -0.25) is 9.59 Å². The Kier molecular flexibility index (Phi) is 7.99. The molecule has 0 aliphatic carbocycles. The molecule has 0 saturated carbocycles. The fourth-order valence-corrected chi connectivity index (χ4v) is 4.96. The van der Waals surface area contributed by atoms with Crippen LogP contribution in [0.1, 0.15) is 17.3 Å². The summed E-state index contributed by atoms with van der Waals surface area (Å²) in [6.07, 6.45) is 3.32. The minimum atomic E-state index is -0.107. The van der Waals surface area contributed by atoms with E-state index in [4.69, 9.17) is 9.47 Å². The SMILES string of the molecule is COc1ccc(N2CCN(C(=O)c3cccc(N(CCNC(C)=O)c4ncnc5[nH]ccc45)c3)CC2)c(OC)c1. The van der Waals surface area contributed by atoms with Crippen molar-refractivity contribution in [3.8, 4) is 11.5 Å². The number of benzene rings is 2. The Bertz CT molecular complexity index is 1500. The molecule has 4 aromatic rings. The lowest BCUT2D eigenvalue weighted by atomic mass is 10.1. The van der Waals surface area contributed by atoms with E-state index in [0.29, 0.717) is 56.3 Å². The molecule has 1 fully saturated rings. The molecule has 0 atom stereocenters. The molecule has 2 aromatic heterocycles. The van der Waals surface area contributed by atoms with Crippen LogP contribution in [0.15, 0.2) is 61.1 Å². The van der Waals surface area contributed by atoms with E-state index in [1.54, 1.807) is 14.2 Å². The van der Waals surface area contributed by atoms with E-state index in [1.807, 2.05) is 64.5 Å². The maximum atomic E-state index is 13.6. The van der Waals surface area contributed by atoms with Crippen LogP contribution in [0.25, 0.3) is 11.0 Å². The zero-order valence-electron chi connectivity index (χ0n) is 22.9. The van der Waals surface area contributed by atoms with Gasteiger partial charge in [0, 0.05) is 69.7 Å². The molecule has 40 heavy (non-hydrogen) atoms. The van der Waals surface area contributed by atoms with Crippen LogP contribution >= 0.6 is 0 Å². The first-order valence-corrected chi connectivity index (χ1v) is 13.1. The number of amides is 2. The number of hydrogen-bond acceptors (Lipinski definition) is 8. The summed E-state index contributed by atoms with van der Waals surface area (Å²) in [6, 6.07) is 15.2. The van der Waals surface area contributed by atoms with Gasteiger partial charge in [-0.1, -0.05) is 6.07 Å². The van der Waals surface area contributed by atoms with Crippen molar-refractivity contribution in [3.05, 3.63) is 66.6 Å². The summed E-state index contributed by atoms with van der Waals surface area (Å²) < 4.78 is 10.9. The van der Waals surface area contributed by atoms with Gasteiger partial charge < -0.3 is 34.5 Å². The van der Waals surface area contributed by atoms with Crippen molar-refractivity contribution in [2.24, 2.45) is 0 Å². The van der Waals surface area contributed by atoms with Gasteiger partial charge in [-0.2, -0.15) is 0 Å². The van der Waals surface area contributed by atoms with E-state index in [-0.39, 0.29) is 11.8 Å². The van der Waals surface area contributed by atoms with Crippen LogP contribution in [0.2, 0.25) is 0 Å². The van der Waals surface area contributed by atoms with Crippen molar-refractivity contribution in [3.63, 3.8) is 0 Å². The molecular formula is C29H33N7O4. The van der Waals surface area contributed by atoms with E-state index in [9.17, 15) is 9.59 Å². The Morgan fingerprint density at radius 1 is 1.02 bits per heavy atom. The predicted molar refractivity (Wildman–Crippen MR) is 154 cm³/mol. The standard InChI is InChI=1S/C29H33N7O4/c1-20(37)30-11-12-36(28-24-9-10-31-27(24)32-19-33-28)22-6-4-5-21(17-22)29(38)35-15-13-34(14-16-35)25-8-7-23(39-2)18-26(25)40-3/h4-10,17-19H,11-16H2,1-3H3,(H,30,37)(H,31,32,33). The van der Waals surface area contributed by atoms with E-state index >= 15 is 0 Å². The molecule has 0 unspecified atom stereocenters. The van der Waals surface area contributed by atoms with Gasteiger partial charge in [-0.25, -0.2) is 9.97 Å². The number of aromatic amines is 1. The van der Waals surface area contributed by atoms with Crippen molar-refractivity contribution in [2.75, 3.05) is 63.3 Å². The zero-order valence-corrected chi connectivity index (χ0v) is 22.9. The number of methoxy groups -OCH3 is 2. The third kappa shape index (κ3) is 5.63. The first kappa shape index (κ1) is 26.8. The monoisotopic (exact) mass is 543 g/mol. The highest BCUT2D eigenvalue weighted by atomic mass is 16.5. The summed E-state index contributed by atoms with van der Waals surface area (Å²) in [5.74, 6) is 2.04. The van der Waals surface area contributed by atoms with Crippen molar-refractivity contribution in [1.82, 2.24) is 25.2 Å². The van der Waals surface area contributed by atoms with E-state index in [2.05, 4.69) is 25.2 Å². The van der Waals surface area contributed by atoms with Crippen molar-refractivity contribution in [1.29, 1.82) is 0 Å². The van der Waals surface area contributed by atoms with Crippen LogP contribution < -0.4 is 24.6 Å². The number of nitrogens with zero attached hydrogens (tertiary/aromatic N) is 5. The Morgan fingerprint density at radius 3 is 2.60 bits per heavy atom. The minimum Gasteiger partial charge on any atom is -0.497 e. The number of hydrogen-bond donors (Lipinski definition) is 2. The largest absolute Gasteiger partial charge is 0.497 e. The molecule has 2 amide bonds. The summed E-state index contributed by atoms with van der Waals surface area (Å²) in [7, 11) is 3.28. The fraction of sp³-hybridized carbons (Fsp3) is 0.310. The maximum absolute atomic E-state index is 13.6. The first-order chi connectivity index (χ1) is 19.5. The second-order valence-electron chi connectivity index (χ2n) is 9.44. The molecule has 0 radical (unpaired) electrons. The predicted octanol–water partition coefficient (Wildman–Crippen LogP) is 3.21. The number of H-pyrrole nitrogens is 1. The lowest BCUT2D eigenvalue weighted by Crippen LogP contribution is -2.48. The van der Waals surface area contributed by atoms with Gasteiger partial charge >= 0.3 is 0 Å². The summed E-state index contributed by atoms with van der Waals surface area (Å²) in [6.45, 7) is 4.91. The molecule has 11 nitrogen and oxygen atoms in total. The summed E-state index contributed by atoms with van der Waals surface area (Å²) in [4.78, 5) is 43.2. The molecule has 1 aliphatic heterocycles. The van der Waals surface area contributed by atoms with Crippen LogP contribution in [-0.4, -0.2) is 85.2 Å². The molecule has 11 heteroatoms. The lowest BCUT2D eigenvalue weighted by Gasteiger charge is -2.36. The number of rotatable bonds is 9. The van der Waals surface area contributed by atoms with Crippen molar-refractivity contribution < 1.29 is 19.1 Å². The quantitative estimate of drug-likeness (QED) is 0.331. The highest BCUT2D eigenvalue weighted by Crippen LogP contribution is 2.33. The second-order valence-corrected chi connectivity index (χ2v) is 9.44.